The zero-order valence-electron chi connectivity index (χ0n) is 10.8. The molecule has 2 aromatic heterocycles. The largest absolute Gasteiger partial charge is 0.271 e. The molecule has 1 atom stereocenters. The average Bonchev–Trinajstić information content (AvgIpc) is 2.83. The van der Waals surface area contributed by atoms with Crippen molar-refractivity contribution in [3.05, 3.63) is 51.5 Å². The lowest BCUT2D eigenvalue weighted by atomic mass is 10.1. The molecule has 0 amide bonds. The molecule has 2 rings (SSSR count). The second-order valence-electron chi connectivity index (χ2n) is 4.40. The molecule has 4 heteroatoms. The number of hydrogen-bond acceptors (Lipinski definition) is 4. The molecule has 18 heavy (non-hydrogen) atoms. The van der Waals surface area contributed by atoms with Crippen molar-refractivity contribution in [2.24, 2.45) is 5.84 Å². The van der Waals surface area contributed by atoms with Crippen molar-refractivity contribution in [2.45, 2.75) is 32.7 Å². The number of pyridine rings is 1. The minimum Gasteiger partial charge on any atom is -0.271 e. The van der Waals surface area contributed by atoms with Gasteiger partial charge in [0, 0.05) is 23.2 Å². The highest BCUT2D eigenvalue weighted by Gasteiger charge is 2.14. The summed E-state index contributed by atoms with van der Waals surface area (Å²) < 4.78 is 0. The van der Waals surface area contributed by atoms with Crippen LogP contribution in [-0.2, 0) is 12.8 Å². The maximum absolute atomic E-state index is 5.67. The van der Waals surface area contributed by atoms with Crippen molar-refractivity contribution in [2.75, 3.05) is 0 Å². The van der Waals surface area contributed by atoms with E-state index in [1.165, 1.54) is 16.0 Å². The van der Waals surface area contributed by atoms with Crippen molar-refractivity contribution < 1.29 is 0 Å². The molecule has 0 bridgehead atoms. The van der Waals surface area contributed by atoms with Gasteiger partial charge in [-0.15, -0.1) is 11.3 Å². The molecule has 0 saturated heterocycles. The Kier molecular flexibility index (Phi) is 4.47. The summed E-state index contributed by atoms with van der Waals surface area (Å²) in [6.45, 7) is 4.25. The van der Waals surface area contributed by atoms with Gasteiger partial charge in [-0.1, -0.05) is 13.0 Å². The number of aromatic nitrogens is 1. The minimum absolute atomic E-state index is 0.143. The maximum Gasteiger partial charge on any atom is 0.0611 e. The Morgan fingerprint density at radius 1 is 1.39 bits per heavy atom. The number of nitrogens with two attached hydrogens (primary N) is 1. The van der Waals surface area contributed by atoms with E-state index < -0.39 is 0 Å². The Balaban J connectivity index is 2.13. The Hall–Kier alpha value is -1.23. The first kappa shape index (κ1) is 13.2. The Morgan fingerprint density at radius 2 is 2.22 bits per heavy atom. The van der Waals surface area contributed by atoms with Crippen LogP contribution in [0.5, 0.6) is 0 Å². The molecule has 0 aliphatic carbocycles. The van der Waals surface area contributed by atoms with Gasteiger partial charge in [-0.2, -0.15) is 0 Å². The fourth-order valence-electron chi connectivity index (χ4n) is 1.96. The molecule has 3 N–H and O–H groups in total. The fraction of sp³-hybridized carbons (Fsp3) is 0.357. The first-order chi connectivity index (χ1) is 8.74. The zero-order valence-corrected chi connectivity index (χ0v) is 11.6. The Morgan fingerprint density at radius 3 is 2.72 bits per heavy atom. The highest BCUT2D eigenvalue weighted by molar-refractivity contribution is 7.10. The minimum atomic E-state index is 0.143. The van der Waals surface area contributed by atoms with Crippen LogP contribution in [0.4, 0.5) is 0 Å². The zero-order chi connectivity index (χ0) is 13.0. The van der Waals surface area contributed by atoms with Crippen molar-refractivity contribution >= 4 is 11.3 Å². The molecule has 0 spiro atoms. The van der Waals surface area contributed by atoms with Crippen molar-refractivity contribution in [3.63, 3.8) is 0 Å². The summed E-state index contributed by atoms with van der Waals surface area (Å²) in [5.41, 5.74) is 6.52. The molecule has 0 aliphatic rings. The number of thiophene rings is 1. The van der Waals surface area contributed by atoms with E-state index in [9.17, 15) is 0 Å². The summed E-state index contributed by atoms with van der Waals surface area (Å²) in [4.78, 5) is 5.78. The van der Waals surface area contributed by atoms with Gasteiger partial charge < -0.3 is 0 Å². The number of aryl methyl sites for hydroxylation is 2. The average molecular weight is 261 g/mol. The predicted octanol–water partition coefficient (Wildman–Crippen LogP) is 2.76. The quantitative estimate of drug-likeness (QED) is 0.643. The molecule has 0 saturated carbocycles. The summed E-state index contributed by atoms with van der Waals surface area (Å²) in [6.07, 6.45) is 3.79. The van der Waals surface area contributed by atoms with Crippen LogP contribution < -0.4 is 11.3 Å². The lowest BCUT2D eigenvalue weighted by Crippen LogP contribution is -2.29. The number of nitrogens with one attached hydrogen (secondary N) is 1. The molecule has 2 aromatic rings. The molecule has 96 valence electrons. The SMILES string of the molecule is CCc1ccc(CC(NN)c2sccc2C)nc1. The number of nitrogens with zero attached hydrogens (tertiary/aromatic N) is 1. The highest BCUT2D eigenvalue weighted by atomic mass is 32.1. The van der Waals surface area contributed by atoms with Gasteiger partial charge in [0.2, 0.25) is 0 Å². The van der Waals surface area contributed by atoms with E-state index in [4.69, 9.17) is 5.84 Å². The van der Waals surface area contributed by atoms with Crippen molar-refractivity contribution in [1.82, 2.24) is 10.4 Å². The molecule has 1 unspecified atom stereocenters. The second kappa shape index (κ2) is 6.09. The van der Waals surface area contributed by atoms with E-state index in [0.717, 1.165) is 18.5 Å². The first-order valence-corrected chi connectivity index (χ1v) is 7.06. The highest BCUT2D eigenvalue weighted by Crippen LogP contribution is 2.25. The third-order valence-electron chi connectivity index (χ3n) is 3.13. The number of hydrogen-bond donors (Lipinski definition) is 2. The van der Waals surface area contributed by atoms with Crippen LogP contribution >= 0.6 is 11.3 Å². The summed E-state index contributed by atoms with van der Waals surface area (Å²) in [5.74, 6) is 5.67. The molecule has 0 radical (unpaired) electrons. The maximum atomic E-state index is 5.67. The van der Waals surface area contributed by atoms with Gasteiger partial charge in [0.05, 0.1) is 6.04 Å². The van der Waals surface area contributed by atoms with Gasteiger partial charge in [-0.3, -0.25) is 16.3 Å². The van der Waals surface area contributed by atoms with Gasteiger partial charge >= 0.3 is 0 Å². The first-order valence-electron chi connectivity index (χ1n) is 6.18. The smallest absolute Gasteiger partial charge is 0.0611 e. The predicted molar refractivity (Wildman–Crippen MR) is 76.4 cm³/mol. The molecular weight excluding hydrogens is 242 g/mol. The molecule has 2 heterocycles. The molecular formula is C14H19N3S. The standard InChI is InChI=1S/C14H19N3S/c1-3-11-4-5-12(16-9-11)8-13(17-15)14-10(2)6-7-18-14/h4-7,9,13,17H,3,8,15H2,1-2H3. The molecule has 0 fully saturated rings. The van der Waals surface area contributed by atoms with Crippen LogP contribution in [0, 0.1) is 6.92 Å². The summed E-state index contributed by atoms with van der Waals surface area (Å²) >= 11 is 1.74. The molecule has 0 aromatic carbocycles. The van der Waals surface area contributed by atoms with Crippen LogP contribution in [-0.4, -0.2) is 4.98 Å². The van der Waals surface area contributed by atoms with Crippen molar-refractivity contribution in [1.29, 1.82) is 0 Å². The van der Waals surface area contributed by atoms with E-state index in [0.29, 0.717) is 0 Å². The number of hydrazine groups is 1. The van der Waals surface area contributed by atoms with Gasteiger partial charge in [-0.05, 0) is 42.0 Å². The Bertz CT molecular complexity index is 490. The third kappa shape index (κ3) is 2.96. The van der Waals surface area contributed by atoms with Crippen molar-refractivity contribution in [3.8, 4) is 0 Å². The number of rotatable bonds is 5. The van der Waals surface area contributed by atoms with Crippen LogP contribution in [0.25, 0.3) is 0 Å². The molecule has 3 nitrogen and oxygen atoms in total. The van der Waals surface area contributed by atoms with E-state index in [2.05, 4.69) is 47.8 Å². The Labute approximate surface area is 112 Å². The van der Waals surface area contributed by atoms with E-state index >= 15 is 0 Å². The van der Waals surface area contributed by atoms with Crippen LogP contribution in [0.1, 0.15) is 34.7 Å². The van der Waals surface area contributed by atoms with E-state index in [1.54, 1.807) is 11.3 Å². The van der Waals surface area contributed by atoms with Crippen LogP contribution in [0.2, 0.25) is 0 Å². The van der Waals surface area contributed by atoms with Gasteiger partial charge in [0.15, 0.2) is 0 Å². The van der Waals surface area contributed by atoms with Gasteiger partial charge in [0.25, 0.3) is 0 Å². The monoisotopic (exact) mass is 261 g/mol. The summed E-state index contributed by atoms with van der Waals surface area (Å²) in [6, 6.07) is 6.49. The summed E-state index contributed by atoms with van der Waals surface area (Å²) in [5, 5.41) is 2.10. The van der Waals surface area contributed by atoms with Crippen LogP contribution in [0.15, 0.2) is 29.8 Å². The van der Waals surface area contributed by atoms with Gasteiger partial charge in [0.1, 0.15) is 0 Å². The molecule has 0 aliphatic heterocycles. The van der Waals surface area contributed by atoms with E-state index in [1.807, 2.05) is 6.20 Å². The van der Waals surface area contributed by atoms with E-state index in [-0.39, 0.29) is 6.04 Å². The topological polar surface area (TPSA) is 50.9 Å². The lowest BCUT2D eigenvalue weighted by Gasteiger charge is -2.15. The second-order valence-corrected chi connectivity index (χ2v) is 5.35. The fourth-order valence-corrected chi connectivity index (χ4v) is 2.95. The lowest BCUT2D eigenvalue weighted by molar-refractivity contribution is 0.552. The summed E-state index contributed by atoms with van der Waals surface area (Å²) in [7, 11) is 0. The van der Waals surface area contributed by atoms with Gasteiger partial charge in [-0.25, -0.2) is 0 Å². The van der Waals surface area contributed by atoms with Crippen LogP contribution in [0.3, 0.4) is 0 Å². The third-order valence-corrected chi connectivity index (χ3v) is 4.26. The normalized spacial score (nSPS) is 12.6.